The van der Waals surface area contributed by atoms with Gasteiger partial charge in [0.1, 0.15) is 12.7 Å². The van der Waals surface area contributed by atoms with Crippen molar-refractivity contribution in [3.63, 3.8) is 0 Å². The number of rotatable bonds is 9. The van der Waals surface area contributed by atoms with Gasteiger partial charge >= 0.3 is 6.09 Å². The predicted molar refractivity (Wildman–Crippen MR) is 130 cm³/mol. The van der Waals surface area contributed by atoms with Crippen molar-refractivity contribution in [2.75, 3.05) is 24.7 Å². The zero-order valence-electron chi connectivity index (χ0n) is 18.4. The van der Waals surface area contributed by atoms with E-state index in [0.29, 0.717) is 33.6 Å². The molecule has 0 spiro atoms. The third kappa shape index (κ3) is 5.16. The Morgan fingerprint density at radius 1 is 1.26 bits per heavy atom. The molecule has 0 bridgehead atoms. The SMILES string of the molecule is Cc1cc(N2C[C@H](CCC(=O)c3ccc(Cl)s3)OC2=O)ccc1-n1cccc(OCCO)c1=O. The Bertz CT molecular complexity index is 1270. The van der Waals surface area contributed by atoms with Gasteiger partial charge in [-0.05, 0) is 61.4 Å². The Labute approximate surface area is 204 Å². The molecule has 10 heteroatoms. The molecule has 1 atom stereocenters. The average Bonchev–Trinajstić information content (AvgIpc) is 3.42. The number of ketones is 1. The van der Waals surface area contributed by atoms with Gasteiger partial charge in [0.2, 0.25) is 0 Å². The summed E-state index contributed by atoms with van der Waals surface area (Å²) in [4.78, 5) is 39.7. The zero-order valence-corrected chi connectivity index (χ0v) is 20.0. The fraction of sp³-hybridized carbons (Fsp3) is 0.292. The fourth-order valence-corrected chi connectivity index (χ4v) is 4.78. The summed E-state index contributed by atoms with van der Waals surface area (Å²) >= 11 is 7.13. The van der Waals surface area contributed by atoms with E-state index >= 15 is 0 Å². The number of aryl methyl sites for hydroxylation is 1. The van der Waals surface area contributed by atoms with Gasteiger partial charge in [0, 0.05) is 18.3 Å². The number of amides is 1. The highest BCUT2D eigenvalue weighted by molar-refractivity contribution is 7.18. The number of halogens is 1. The molecule has 1 N–H and O–H groups in total. The maximum Gasteiger partial charge on any atom is 0.414 e. The first-order chi connectivity index (χ1) is 16.4. The van der Waals surface area contributed by atoms with Crippen LogP contribution in [0.2, 0.25) is 4.34 Å². The molecule has 178 valence electrons. The molecule has 0 unspecified atom stereocenters. The van der Waals surface area contributed by atoms with Crippen molar-refractivity contribution in [2.24, 2.45) is 0 Å². The molecule has 0 saturated carbocycles. The van der Waals surface area contributed by atoms with Crippen LogP contribution in [-0.4, -0.2) is 47.4 Å². The van der Waals surface area contributed by atoms with Crippen molar-refractivity contribution < 1.29 is 24.2 Å². The van der Waals surface area contributed by atoms with E-state index in [0.717, 1.165) is 5.56 Å². The average molecular weight is 503 g/mol. The van der Waals surface area contributed by atoms with Crippen LogP contribution in [0.4, 0.5) is 10.5 Å². The van der Waals surface area contributed by atoms with E-state index in [1.807, 2.05) is 13.0 Å². The number of carbonyl (C=O) groups is 2. The Morgan fingerprint density at radius 2 is 2.09 bits per heavy atom. The number of nitrogens with zero attached hydrogens (tertiary/aromatic N) is 2. The molecule has 3 heterocycles. The van der Waals surface area contributed by atoms with Crippen LogP contribution < -0.4 is 15.2 Å². The number of pyridine rings is 1. The first kappa shape index (κ1) is 24.0. The maximum absolute atomic E-state index is 12.7. The first-order valence-corrected chi connectivity index (χ1v) is 11.9. The molecular weight excluding hydrogens is 480 g/mol. The number of hydrogen-bond acceptors (Lipinski definition) is 7. The number of aromatic nitrogens is 1. The summed E-state index contributed by atoms with van der Waals surface area (Å²) in [6, 6.07) is 11.9. The molecule has 1 aromatic carbocycles. The van der Waals surface area contributed by atoms with Crippen LogP contribution in [-0.2, 0) is 4.74 Å². The molecule has 2 aromatic heterocycles. The largest absolute Gasteiger partial charge is 0.485 e. The smallest absolute Gasteiger partial charge is 0.414 e. The van der Waals surface area contributed by atoms with Crippen LogP contribution in [0.15, 0.2) is 53.5 Å². The maximum atomic E-state index is 12.7. The van der Waals surface area contributed by atoms with E-state index in [1.165, 1.54) is 20.8 Å². The molecule has 8 nitrogen and oxygen atoms in total. The molecule has 0 radical (unpaired) electrons. The highest BCUT2D eigenvalue weighted by atomic mass is 35.5. The van der Waals surface area contributed by atoms with Crippen LogP contribution in [0.1, 0.15) is 28.1 Å². The standard InChI is InChI=1S/C24H23ClN2O6S/c1-15-13-16(4-6-18(15)26-10-2-3-20(23(26)30)32-12-11-28)27-14-17(33-24(27)31)5-7-19(29)21-8-9-22(25)34-21/h2-4,6,8-10,13,17,28H,5,7,11-12,14H2,1H3/t17-/m0/s1. The van der Waals surface area contributed by atoms with E-state index in [4.69, 9.17) is 26.2 Å². The molecule has 34 heavy (non-hydrogen) atoms. The highest BCUT2D eigenvalue weighted by Crippen LogP contribution is 2.28. The fourth-order valence-electron chi connectivity index (χ4n) is 3.77. The molecular formula is C24H23ClN2O6S. The summed E-state index contributed by atoms with van der Waals surface area (Å²) in [6.45, 7) is 2.02. The molecule has 1 saturated heterocycles. The second kappa shape index (κ2) is 10.4. The minimum absolute atomic E-state index is 0.0257. The van der Waals surface area contributed by atoms with Crippen LogP contribution in [0.3, 0.4) is 0 Å². The summed E-state index contributed by atoms with van der Waals surface area (Å²) in [7, 11) is 0. The minimum Gasteiger partial charge on any atom is -0.485 e. The van der Waals surface area contributed by atoms with E-state index in [1.54, 1.807) is 42.6 Å². The Kier molecular flexibility index (Phi) is 7.35. The number of Topliss-reactive ketones (excluding diaryl/α,β-unsaturated/α-hetero) is 1. The summed E-state index contributed by atoms with van der Waals surface area (Å²) < 4.78 is 12.8. The van der Waals surface area contributed by atoms with Gasteiger partial charge in [-0.3, -0.25) is 19.1 Å². The highest BCUT2D eigenvalue weighted by Gasteiger charge is 2.33. The molecule has 1 amide bonds. The lowest BCUT2D eigenvalue weighted by atomic mass is 10.1. The van der Waals surface area contributed by atoms with E-state index < -0.39 is 12.2 Å². The number of ether oxygens (including phenoxy) is 2. The monoisotopic (exact) mass is 502 g/mol. The molecule has 4 rings (SSSR count). The van der Waals surface area contributed by atoms with Crippen molar-refractivity contribution >= 4 is 40.5 Å². The number of benzene rings is 1. The first-order valence-electron chi connectivity index (χ1n) is 10.7. The Hall–Kier alpha value is -3.14. The van der Waals surface area contributed by atoms with Gasteiger partial charge in [0.15, 0.2) is 11.5 Å². The molecule has 1 fully saturated rings. The van der Waals surface area contributed by atoms with Crippen molar-refractivity contribution in [3.8, 4) is 11.4 Å². The van der Waals surface area contributed by atoms with Gasteiger partial charge in [0.05, 0.1) is 28.1 Å². The summed E-state index contributed by atoms with van der Waals surface area (Å²) in [5.74, 6) is 0.118. The van der Waals surface area contributed by atoms with E-state index in [2.05, 4.69) is 0 Å². The summed E-state index contributed by atoms with van der Waals surface area (Å²) in [6.07, 6.45) is 1.45. The third-order valence-corrected chi connectivity index (χ3v) is 6.70. The topological polar surface area (TPSA) is 98.1 Å². The van der Waals surface area contributed by atoms with Crippen LogP contribution in [0, 0.1) is 6.92 Å². The van der Waals surface area contributed by atoms with Gasteiger partial charge in [-0.2, -0.15) is 0 Å². The van der Waals surface area contributed by atoms with Gasteiger partial charge in [-0.1, -0.05) is 11.6 Å². The lowest BCUT2D eigenvalue weighted by molar-refractivity contribution is 0.0943. The number of hydrogen-bond donors (Lipinski definition) is 1. The normalized spacial score (nSPS) is 15.4. The van der Waals surface area contributed by atoms with Crippen molar-refractivity contribution in [2.45, 2.75) is 25.9 Å². The van der Waals surface area contributed by atoms with Crippen LogP contribution in [0.5, 0.6) is 5.75 Å². The van der Waals surface area contributed by atoms with Crippen LogP contribution >= 0.6 is 22.9 Å². The minimum atomic E-state index is -0.472. The number of aliphatic hydroxyl groups is 1. The van der Waals surface area contributed by atoms with Crippen molar-refractivity contribution in [1.29, 1.82) is 0 Å². The lowest BCUT2D eigenvalue weighted by Crippen LogP contribution is -2.25. The summed E-state index contributed by atoms with van der Waals surface area (Å²) in [5, 5.41) is 8.94. The number of carbonyl (C=O) groups excluding carboxylic acids is 2. The molecule has 3 aromatic rings. The Morgan fingerprint density at radius 3 is 2.79 bits per heavy atom. The van der Waals surface area contributed by atoms with Gasteiger partial charge in [0.25, 0.3) is 5.56 Å². The molecule has 0 aliphatic carbocycles. The second-order valence-corrected chi connectivity index (χ2v) is 9.49. The molecule has 1 aliphatic heterocycles. The second-order valence-electron chi connectivity index (χ2n) is 7.77. The lowest BCUT2D eigenvalue weighted by Gasteiger charge is -2.17. The Balaban J connectivity index is 1.45. The molecule has 1 aliphatic rings. The van der Waals surface area contributed by atoms with Crippen molar-refractivity contribution in [1.82, 2.24) is 4.57 Å². The third-order valence-electron chi connectivity index (χ3n) is 5.43. The predicted octanol–water partition coefficient (Wildman–Crippen LogP) is 4.22. The number of cyclic esters (lactones) is 1. The van der Waals surface area contributed by atoms with Crippen molar-refractivity contribution in [3.05, 3.63) is 73.8 Å². The van der Waals surface area contributed by atoms with Gasteiger partial charge in [-0.25, -0.2) is 4.79 Å². The number of thiophene rings is 1. The van der Waals surface area contributed by atoms with Gasteiger partial charge in [-0.15, -0.1) is 11.3 Å². The van der Waals surface area contributed by atoms with Gasteiger partial charge < -0.3 is 14.6 Å². The van der Waals surface area contributed by atoms with E-state index in [-0.39, 0.29) is 36.7 Å². The van der Waals surface area contributed by atoms with E-state index in [9.17, 15) is 14.4 Å². The number of anilines is 1. The zero-order chi connectivity index (χ0) is 24.2. The quantitative estimate of drug-likeness (QED) is 0.440. The summed E-state index contributed by atoms with van der Waals surface area (Å²) in [5.41, 5.74) is 1.72. The number of aliphatic hydroxyl groups excluding tert-OH is 1. The van der Waals surface area contributed by atoms with Crippen LogP contribution in [0.25, 0.3) is 5.69 Å².